The number of hydrogen-bond acceptors (Lipinski definition) is 2. The van der Waals surface area contributed by atoms with Crippen LogP contribution in [0.2, 0.25) is 0 Å². The van der Waals surface area contributed by atoms with Gasteiger partial charge in [-0.1, -0.05) is 28.1 Å². The minimum atomic E-state index is 0.905. The number of nitrogens with zero attached hydrogens (tertiary/aromatic N) is 1. The van der Waals surface area contributed by atoms with Crippen molar-refractivity contribution in [3.63, 3.8) is 0 Å². The molecule has 0 amide bonds. The number of halogens is 1. The van der Waals surface area contributed by atoms with E-state index in [4.69, 9.17) is 0 Å². The average molecular weight is 267 g/mol. The lowest BCUT2D eigenvalue weighted by molar-refractivity contribution is 0.895. The van der Waals surface area contributed by atoms with Crippen LogP contribution >= 0.6 is 15.9 Å². The van der Waals surface area contributed by atoms with Gasteiger partial charge in [0.1, 0.15) is 0 Å². The molecular formula is C12H15BrN2. The minimum Gasteiger partial charge on any atom is -0.380 e. The van der Waals surface area contributed by atoms with E-state index in [1.165, 1.54) is 11.4 Å². The monoisotopic (exact) mass is 266 g/mol. The van der Waals surface area contributed by atoms with E-state index in [0.717, 1.165) is 24.8 Å². The number of para-hydroxylation sites is 2. The maximum Gasteiger partial charge on any atom is 0.0641 e. The van der Waals surface area contributed by atoms with Crippen LogP contribution in [0.25, 0.3) is 0 Å². The predicted octanol–water partition coefficient (Wildman–Crippen LogP) is 3.22. The van der Waals surface area contributed by atoms with E-state index < -0.39 is 0 Å². The summed E-state index contributed by atoms with van der Waals surface area (Å²) >= 11 is 3.47. The number of benzene rings is 1. The molecule has 1 aromatic carbocycles. The summed E-state index contributed by atoms with van der Waals surface area (Å²) in [6.07, 6.45) is 5.48. The summed E-state index contributed by atoms with van der Waals surface area (Å²) in [5.41, 5.74) is 2.49. The van der Waals surface area contributed by atoms with Gasteiger partial charge in [-0.25, -0.2) is 0 Å². The van der Waals surface area contributed by atoms with E-state index in [9.17, 15) is 0 Å². The van der Waals surface area contributed by atoms with Crippen molar-refractivity contribution in [1.29, 1.82) is 0 Å². The van der Waals surface area contributed by atoms with Crippen LogP contribution < -0.4 is 10.2 Å². The van der Waals surface area contributed by atoms with E-state index in [2.05, 4.69) is 62.7 Å². The lowest BCUT2D eigenvalue weighted by Crippen LogP contribution is -2.17. The third-order valence-electron chi connectivity index (χ3n) is 2.44. The van der Waals surface area contributed by atoms with Gasteiger partial charge in [-0.2, -0.15) is 0 Å². The maximum atomic E-state index is 3.47. The number of fused-ring (bicyclic) bond motifs is 1. The van der Waals surface area contributed by atoms with Gasteiger partial charge in [0.15, 0.2) is 0 Å². The van der Waals surface area contributed by atoms with Crippen molar-refractivity contribution in [1.82, 2.24) is 0 Å². The Balaban J connectivity index is 2.22. The van der Waals surface area contributed by atoms with E-state index in [0.29, 0.717) is 0 Å². The fourth-order valence-electron chi connectivity index (χ4n) is 1.73. The van der Waals surface area contributed by atoms with Gasteiger partial charge < -0.3 is 10.2 Å². The van der Waals surface area contributed by atoms with Crippen LogP contribution in [0, 0.1) is 0 Å². The van der Waals surface area contributed by atoms with E-state index in [-0.39, 0.29) is 0 Å². The molecule has 1 aromatic rings. The molecule has 15 heavy (non-hydrogen) atoms. The largest absolute Gasteiger partial charge is 0.380 e. The second kappa shape index (κ2) is 5.21. The third-order valence-corrected chi connectivity index (χ3v) is 3.00. The Kier molecular flexibility index (Phi) is 3.67. The number of hydrogen-bond donors (Lipinski definition) is 1. The van der Waals surface area contributed by atoms with Gasteiger partial charge in [0.05, 0.1) is 11.4 Å². The Morgan fingerprint density at radius 3 is 3.07 bits per heavy atom. The highest BCUT2D eigenvalue weighted by atomic mass is 79.9. The van der Waals surface area contributed by atoms with Gasteiger partial charge in [-0.15, -0.1) is 0 Å². The first-order valence-corrected chi connectivity index (χ1v) is 6.36. The lowest BCUT2D eigenvalue weighted by Gasteiger charge is -2.21. The molecule has 0 aliphatic carbocycles. The number of anilines is 2. The van der Waals surface area contributed by atoms with Gasteiger partial charge in [-0.3, -0.25) is 0 Å². The predicted molar refractivity (Wildman–Crippen MR) is 69.8 cm³/mol. The molecule has 2 nitrogen and oxygen atoms in total. The second-order valence-corrected chi connectivity index (χ2v) is 4.31. The Morgan fingerprint density at radius 2 is 2.20 bits per heavy atom. The molecule has 0 saturated carbocycles. The fourth-order valence-corrected chi connectivity index (χ4v) is 1.98. The number of rotatable bonds is 3. The molecule has 0 spiro atoms. The normalized spacial score (nSPS) is 14.3. The molecule has 0 fully saturated rings. The fraction of sp³-hybridized carbons (Fsp3) is 0.333. The van der Waals surface area contributed by atoms with E-state index in [1.807, 2.05) is 0 Å². The zero-order valence-corrected chi connectivity index (χ0v) is 10.2. The molecular weight excluding hydrogens is 252 g/mol. The molecule has 1 N–H and O–H groups in total. The highest BCUT2D eigenvalue weighted by molar-refractivity contribution is 9.09. The van der Waals surface area contributed by atoms with Crippen molar-refractivity contribution in [2.75, 3.05) is 28.6 Å². The molecule has 0 saturated heterocycles. The molecule has 1 aliphatic heterocycles. The summed E-state index contributed by atoms with van der Waals surface area (Å²) in [5.74, 6) is 0. The van der Waals surface area contributed by atoms with Crippen LogP contribution in [0.1, 0.15) is 6.42 Å². The molecule has 3 heteroatoms. The number of nitrogens with one attached hydrogen (secondary N) is 1. The van der Waals surface area contributed by atoms with Crippen molar-refractivity contribution in [2.45, 2.75) is 6.42 Å². The first kappa shape index (κ1) is 10.6. The highest BCUT2D eigenvalue weighted by Gasteiger charge is 2.09. The molecule has 0 unspecified atom stereocenters. The highest BCUT2D eigenvalue weighted by Crippen LogP contribution is 2.27. The van der Waals surface area contributed by atoms with Gasteiger partial charge in [0.2, 0.25) is 0 Å². The lowest BCUT2D eigenvalue weighted by atomic mass is 10.2. The Morgan fingerprint density at radius 1 is 1.33 bits per heavy atom. The third kappa shape index (κ3) is 2.53. The first-order chi connectivity index (χ1) is 7.42. The quantitative estimate of drug-likeness (QED) is 0.846. The summed E-state index contributed by atoms with van der Waals surface area (Å²) in [7, 11) is 0. The molecule has 0 bridgehead atoms. The summed E-state index contributed by atoms with van der Waals surface area (Å²) in [5, 5.41) is 4.44. The van der Waals surface area contributed by atoms with Crippen LogP contribution in [0.5, 0.6) is 0 Å². The molecule has 1 aliphatic rings. The van der Waals surface area contributed by atoms with Crippen LogP contribution in [-0.4, -0.2) is 18.4 Å². The molecule has 1 heterocycles. The summed E-state index contributed by atoms with van der Waals surface area (Å²) in [4.78, 5) is 2.30. The van der Waals surface area contributed by atoms with Gasteiger partial charge >= 0.3 is 0 Å². The average Bonchev–Trinajstić information content (AvgIpc) is 2.49. The second-order valence-electron chi connectivity index (χ2n) is 3.52. The van der Waals surface area contributed by atoms with Gasteiger partial charge in [0.25, 0.3) is 0 Å². The minimum absolute atomic E-state index is 0.905. The number of alkyl halides is 1. The van der Waals surface area contributed by atoms with Crippen LogP contribution in [0.3, 0.4) is 0 Å². The molecule has 0 radical (unpaired) electrons. The van der Waals surface area contributed by atoms with Gasteiger partial charge in [-0.05, 0) is 24.6 Å². The zero-order chi connectivity index (χ0) is 10.5. The molecule has 0 atom stereocenters. The zero-order valence-electron chi connectivity index (χ0n) is 8.62. The summed E-state index contributed by atoms with van der Waals surface area (Å²) in [6.45, 7) is 1.96. The topological polar surface area (TPSA) is 15.3 Å². The standard InChI is InChI=1S/C12H15BrN2/c13-7-3-9-15-10-4-8-14-11-5-1-2-6-12(11)15/h1-2,4-6,10,14H,3,7-9H2. The Labute approximate surface area is 99.1 Å². The van der Waals surface area contributed by atoms with Crippen LogP contribution in [-0.2, 0) is 0 Å². The van der Waals surface area contributed by atoms with Crippen molar-refractivity contribution in [2.24, 2.45) is 0 Å². The van der Waals surface area contributed by atoms with Crippen LogP contribution in [0.4, 0.5) is 11.4 Å². The Bertz CT molecular complexity index is 349. The maximum absolute atomic E-state index is 3.47. The molecule has 0 aromatic heterocycles. The summed E-state index contributed by atoms with van der Waals surface area (Å²) in [6, 6.07) is 8.44. The SMILES string of the molecule is BrCCCN1C=CCNc2ccccc21. The van der Waals surface area contributed by atoms with Crippen molar-refractivity contribution in [3.05, 3.63) is 36.5 Å². The van der Waals surface area contributed by atoms with Gasteiger partial charge in [0, 0.05) is 24.6 Å². The smallest absolute Gasteiger partial charge is 0.0641 e. The van der Waals surface area contributed by atoms with Crippen molar-refractivity contribution >= 4 is 27.3 Å². The molecule has 80 valence electrons. The van der Waals surface area contributed by atoms with Crippen molar-refractivity contribution < 1.29 is 0 Å². The first-order valence-electron chi connectivity index (χ1n) is 5.24. The Hall–Kier alpha value is -0.960. The molecule has 2 rings (SSSR count). The van der Waals surface area contributed by atoms with Crippen molar-refractivity contribution in [3.8, 4) is 0 Å². The van der Waals surface area contributed by atoms with Crippen LogP contribution in [0.15, 0.2) is 36.5 Å². The van der Waals surface area contributed by atoms with E-state index >= 15 is 0 Å². The van der Waals surface area contributed by atoms with E-state index in [1.54, 1.807) is 0 Å². The summed E-state index contributed by atoms with van der Waals surface area (Å²) < 4.78 is 0.